The minimum Gasteiger partial charge on any atom is -0.370 e. The largest absolute Gasteiger partial charge is 0.370 e. The van der Waals surface area contributed by atoms with E-state index < -0.39 is 0 Å². The first-order chi connectivity index (χ1) is 6.38. The monoisotopic (exact) mass is 199 g/mol. The first-order valence-corrected chi connectivity index (χ1v) is 5.41. The summed E-state index contributed by atoms with van der Waals surface area (Å²) >= 11 is 0. The molecule has 0 aliphatic heterocycles. The second-order valence-electron chi connectivity index (χ2n) is 4.92. The van der Waals surface area contributed by atoms with E-state index in [9.17, 15) is 0 Å². The zero-order valence-electron chi connectivity index (χ0n) is 10.2. The molecule has 0 saturated heterocycles. The number of hydrogen-bond donors (Lipinski definition) is 2. The number of hydrogen-bond acceptors (Lipinski definition) is 1. The van der Waals surface area contributed by atoms with Gasteiger partial charge in [-0.15, -0.1) is 0 Å². The molecule has 1 atom stereocenters. The Kier molecular flexibility index (Phi) is 5.58. The molecule has 0 rings (SSSR count). The van der Waals surface area contributed by atoms with Gasteiger partial charge in [0.25, 0.3) is 0 Å². The van der Waals surface area contributed by atoms with Gasteiger partial charge in [0.2, 0.25) is 0 Å². The van der Waals surface area contributed by atoms with E-state index >= 15 is 0 Å². The Morgan fingerprint density at radius 1 is 1.43 bits per heavy atom. The van der Waals surface area contributed by atoms with Crippen molar-refractivity contribution >= 4 is 5.96 Å². The number of nitrogens with two attached hydrogens (primary N) is 1. The molecular weight excluding hydrogens is 174 g/mol. The van der Waals surface area contributed by atoms with Crippen molar-refractivity contribution in [1.82, 2.24) is 5.32 Å². The van der Waals surface area contributed by atoms with Gasteiger partial charge in [0.15, 0.2) is 5.96 Å². The standard InChI is InChI=1S/C11H25N3/c1-6-7-13-10(12)14-8-9(2)11(3,4)5/h9H,6-8H2,1-5H3,(H3,12,13,14). The highest BCUT2D eigenvalue weighted by molar-refractivity contribution is 5.77. The molecule has 0 radical (unpaired) electrons. The fraction of sp³-hybridized carbons (Fsp3) is 0.909. The molecule has 0 aromatic rings. The van der Waals surface area contributed by atoms with Crippen molar-refractivity contribution in [1.29, 1.82) is 0 Å². The third-order valence-corrected chi connectivity index (χ3v) is 2.57. The van der Waals surface area contributed by atoms with Crippen molar-refractivity contribution in [2.24, 2.45) is 22.1 Å². The smallest absolute Gasteiger partial charge is 0.188 e. The van der Waals surface area contributed by atoms with Gasteiger partial charge in [0.1, 0.15) is 0 Å². The molecule has 0 bridgehead atoms. The fourth-order valence-electron chi connectivity index (χ4n) is 0.818. The zero-order valence-corrected chi connectivity index (χ0v) is 10.2. The van der Waals surface area contributed by atoms with Gasteiger partial charge >= 0.3 is 0 Å². The van der Waals surface area contributed by atoms with Crippen LogP contribution in [0.3, 0.4) is 0 Å². The average Bonchev–Trinajstić information content (AvgIpc) is 2.09. The summed E-state index contributed by atoms with van der Waals surface area (Å²) in [4.78, 5) is 4.31. The van der Waals surface area contributed by atoms with Crippen LogP contribution in [-0.2, 0) is 0 Å². The van der Waals surface area contributed by atoms with E-state index in [0.717, 1.165) is 19.5 Å². The highest BCUT2D eigenvalue weighted by Gasteiger charge is 2.19. The van der Waals surface area contributed by atoms with Gasteiger partial charge in [-0.1, -0.05) is 34.6 Å². The van der Waals surface area contributed by atoms with Gasteiger partial charge in [-0.25, -0.2) is 0 Å². The molecule has 84 valence electrons. The Morgan fingerprint density at radius 2 is 2.00 bits per heavy atom. The predicted octanol–water partition coefficient (Wildman–Crippen LogP) is 1.98. The summed E-state index contributed by atoms with van der Waals surface area (Å²) in [6.07, 6.45) is 1.07. The van der Waals surface area contributed by atoms with Gasteiger partial charge in [-0.05, 0) is 17.8 Å². The zero-order chi connectivity index (χ0) is 11.2. The SMILES string of the molecule is CCCNC(N)=NCC(C)C(C)(C)C. The van der Waals surface area contributed by atoms with Crippen molar-refractivity contribution in [2.75, 3.05) is 13.1 Å². The van der Waals surface area contributed by atoms with E-state index in [0.29, 0.717) is 17.3 Å². The Bertz CT molecular complexity index is 179. The first kappa shape index (κ1) is 13.3. The maximum atomic E-state index is 5.69. The van der Waals surface area contributed by atoms with Crippen LogP contribution in [0.4, 0.5) is 0 Å². The summed E-state index contributed by atoms with van der Waals surface area (Å²) in [7, 11) is 0. The average molecular weight is 199 g/mol. The molecule has 0 aromatic heterocycles. The lowest BCUT2D eigenvalue weighted by Crippen LogP contribution is -2.33. The van der Waals surface area contributed by atoms with Gasteiger partial charge in [0, 0.05) is 13.1 Å². The number of rotatable bonds is 4. The number of guanidine groups is 1. The minimum atomic E-state index is 0.300. The summed E-state index contributed by atoms with van der Waals surface area (Å²) < 4.78 is 0. The fourth-order valence-corrected chi connectivity index (χ4v) is 0.818. The van der Waals surface area contributed by atoms with Crippen LogP contribution in [0.25, 0.3) is 0 Å². The molecule has 0 heterocycles. The lowest BCUT2D eigenvalue weighted by molar-refractivity contribution is 0.269. The van der Waals surface area contributed by atoms with Crippen molar-refractivity contribution < 1.29 is 0 Å². The van der Waals surface area contributed by atoms with E-state index in [4.69, 9.17) is 5.73 Å². The molecule has 0 fully saturated rings. The Balaban J connectivity index is 3.90. The molecule has 3 heteroatoms. The summed E-state index contributed by atoms with van der Waals surface area (Å²) in [6, 6.07) is 0. The van der Waals surface area contributed by atoms with Crippen molar-refractivity contribution in [3.05, 3.63) is 0 Å². The molecule has 0 saturated carbocycles. The van der Waals surface area contributed by atoms with E-state index in [1.165, 1.54) is 0 Å². The molecule has 0 amide bonds. The van der Waals surface area contributed by atoms with E-state index in [2.05, 4.69) is 44.9 Å². The quantitative estimate of drug-likeness (QED) is 0.537. The second kappa shape index (κ2) is 5.89. The topological polar surface area (TPSA) is 50.4 Å². The van der Waals surface area contributed by atoms with Crippen LogP contribution in [0.5, 0.6) is 0 Å². The van der Waals surface area contributed by atoms with Gasteiger partial charge in [-0.2, -0.15) is 0 Å². The third-order valence-electron chi connectivity index (χ3n) is 2.57. The first-order valence-electron chi connectivity index (χ1n) is 5.41. The summed E-state index contributed by atoms with van der Waals surface area (Å²) in [5, 5.41) is 3.07. The Hall–Kier alpha value is -0.730. The van der Waals surface area contributed by atoms with E-state index in [-0.39, 0.29) is 0 Å². The molecule has 1 unspecified atom stereocenters. The van der Waals surface area contributed by atoms with Crippen molar-refractivity contribution in [3.63, 3.8) is 0 Å². The maximum absolute atomic E-state index is 5.69. The molecule has 0 aliphatic rings. The lowest BCUT2D eigenvalue weighted by atomic mass is 9.82. The van der Waals surface area contributed by atoms with Crippen LogP contribution in [0.15, 0.2) is 4.99 Å². The minimum absolute atomic E-state index is 0.300. The van der Waals surface area contributed by atoms with E-state index in [1.807, 2.05) is 0 Å². The predicted molar refractivity (Wildman–Crippen MR) is 63.4 cm³/mol. The van der Waals surface area contributed by atoms with Crippen LogP contribution in [0, 0.1) is 11.3 Å². The summed E-state index contributed by atoms with van der Waals surface area (Å²) in [6.45, 7) is 12.7. The van der Waals surface area contributed by atoms with Crippen LogP contribution < -0.4 is 11.1 Å². The number of nitrogens with one attached hydrogen (secondary N) is 1. The van der Waals surface area contributed by atoms with E-state index in [1.54, 1.807) is 0 Å². The highest BCUT2D eigenvalue weighted by atomic mass is 15.1. The van der Waals surface area contributed by atoms with Gasteiger partial charge in [0.05, 0.1) is 0 Å². The van der Waals surface area contributed by atoms with Crippen LogP contribution in [0.1, 0.15) is 41.0 Å². The maximum Gasteiger partial charge on any atom is 0.188 e. The molecule has 0 spiro atoms. The number of nitrogens with zero attached hydrogens (tertiary/aromatic N) is 1. The van der Waals surface area contributed by atoms with Crippen LogP contribution >= 0.6 is 0 Å². The molecule has 0 aromatic carbocycles. The summed E-state index contributed by atoms with van der Waals surface area (Å²) in [5.41, 5.74) is 5.99. The highest BCUT2D eigenvalue weighted by Crippen LogP contribution is 2.25. The normalized spacial score (nSPS) is 15.4. The second-order valence-corrected chi connectivity index (χ2v) is 4.92. The Labute approximate surface area is 88.2 Å². The molecule has 3 N–H and O–H groups in total. The summed E-state index contributed by atoms with van der Waals surface area (Å²) in [5.74, 6) is 1.12. The van der Waals surface area contributed by atoms with Gasteiger partial charge in [-0.3, -0.25) is 4.99 Å². The van der Waals surface area contributed by atoms with Crippen LogP contribution in [-0.4, -0.2) is 19.0 Å². The lowest BCUT2D eigenvalue weighted by Gasteiger charge is -2.25. The van der Waals surface area contributed by atoms with Crippen molar-refractivity contribution in [2.45, 2.75) is 41.0 Å². The molecule has 14 heavy (non-hydrogen) atoms. The number of aliphatic imine (C=N–C) groups is 1. The molecular formula is C11H25N3. The van der Waals surface area contributed by atoms with Gasteiger partial charge < -0.3 is 11.1 Å². The molecule has 0 aliphatic carbocycles. The Morgan fingerprint density at radius 3 is 2.43 bits per heavy atom. The van der Waals surface area contributed by atoms with Crippen molar-refractivity contribution in [3.8, 4) is 0 Å². The van der Waals surface area contributed by atoms with Crippen LogP contribution in [0.2, 0.25) is 0 Å². The molecule has 3 nitrogen and oxygen atoms in total. The third kappa shape index (κ3) is 5.84.